The lowest BCUT2D eigenvalue weighted by atomic mass is 10.0. The number of hydrogen-bond donors (Lipinski definition) is 1. The molecule has 27 heavy (non-hydrogen) atoms. The fourth-order valence-corrected chi connectivity index (χ4v) is 2.79. The molecule has 0 saturated carbocycles. The molecule has 2 aromatic carbocycles. The molecule has 0 heterocycles. The second kappa shape index (κ2) is 9.21. The van der Waals surface area contributed by atoms with Gasteiger partial charge in [-0.3, -0.25) is 4.79 Å². The summed E-state index contributed by atoms with van der Waals surface area (Å²) in [6, 6.07) is 10.7. The van der Waals surface area contributed by atoms with Gasteiger partial charge in [-0.2, -0.15) is 0 Å². The molecular weight excluding hydrogens is 342 g/mol. The Labute approximate surface area is 160 Å². The second-order valence-electron chi connectivity index (χ2n) is 6.68. The van der Waals surface area contributed by atoms with Crippen molar-refractivity contribution in [1.82, 2.24) is 0 Å². The highest BCUT2D eigenvalue weighted by Gasteiger charge is 2.20. The number of anilines is 1. The highest BCUT2D eigenvalue weighted by molar-refractivity contribution is 5.98. The molecule has 0 saturated heterocycles. The predicted molar refractivity (Wildman–Crippen MR) is 106 cm³/mol. The number of hydrogen-bond acceptors (Lipinski definition) is 4. The van der Waals surface area contributed by atoms with Crippen LogP contribution in [0.15, 0.2) is 36.4 Å². The fraction of sp³-hybridized carbons (Fsp3) is 0.364. The maximum Gasteiger partial charge on any atom is 0.338 e. The molecule has 144 valence electrons. The quantitative estimate of drug-likeness (QED) is 0.725. The lowest BCUT2D eigenvalue weighted by Gasteiger charge is -2.17. The molecule has 5 heteroatoms. The van der Waals surface area contributed by atoms with Crippen LogP contribution in [-0.2, 0) is 9.53 Å². The molecule has 1 N–H and O–H groups in total. The molecule has 2 rings (SSSR count). The molecule has 0 aliphatic rings. The number of amides is 1. The molecule has 0 unspecified atom stereocenters. The van der Waals surface area contributed by atoms with Gasteiger partial charge in [0.2, 0.25) is 0 Å². The van der Waals surface area contributed by atoms with Crippen molar-refractivity contribution in [3.63, 3.8) is 0 Å². The first kappa shape index (κ1) is 20.5. The van der Waals surface area contributed by atoms with E-state index < -0.39 is 12.1 Å². The summed E-state index contributed by atoms with van der Waals surface area (Å²) in [5.41, 5.74) is 4.21. The highest BCUT2D eigenvalue weighted by Crippen LogP contribution is 2.22. The predicted octanol–water partition coefficient (Wildman–Crippen LogP) is 4.58. The van der Waals surface area contributed by atoms with E-state index >= 15 is 0 Å². The van der Waals surface area contributed by atoms with Crippen molar-refractivity contribution in [2.45, 2.75) is 47.1 Å². The van der Waals surface area contributed by atoms with Crippen LogP contribution in [0.4, 0.5) is 5.69 Å². The van der Waals surface area contributed by atoms with Gasteiger partial charge in [0.05, 0.1) is 12.2 Å². The zero-order valence-electron chi connectivity index (χ0n) is 16.6. The minimum absolute atomic E-state index is 0.360. The van der Waals surface area contributed by atoms with E-state index in [0.717, 1.165) is 28.8 Å². The Morgan fingerprint density at radius 1 is 1.04 bits per heavy atom. The average Bonchev–Trinajstić information content (AvgIpc) is 2.63. The third kappa shape index (κ3) is 5.58. The topological polar surface area (TPSA) is 64.6 Å². The molecule has 0 spiro atoms. The SMILES string of the molecule is CCCOc1ccc(C(=O)O[C@@H](C)C(=O)Nc2c(C)cc(C)cc2C)cc1. The van der Waals surface area contributed by atoms with Crippen LogP contribution >= 0.6 is 0 Å². The normalized spacial score (nSPS) is 11.6. The molecule has 1 atom stereocenters. The molecule has 5 nitrogen and oxygen atoms in total. The first-order valence-corrected chi connectivity index (χ1v) is 9.14. The molecule has 0 radical (unpaired) electrons. The number of rotatable bonds is 7. The van der Waals surface area contributed by atoms with Gasteiger partial charge < -0.3 is 14.8 Å². The summed E-state index contributed by atoms with van der Waals surface area (Å²) in [5, 5.41) is 2.86. The van der Waals surface area contributed by atoms with Gasteiger partial charge in [0.1, 0.15) is 5.75 Å². The lowest BCUT2D eigenvalue weighted by Crippen LogP contribution is -2.30. The van der Waals surface area contributed by atoms with Crippen LogP contribution in [0.25, 0.3) is 0 Å². The third-order valence-corrected chi connectivity index (χ3v) is 4.14. The summed E-state index contributed by atoms with van der Waals surface area (Å²) in [6.45, 7) is 10.1. The molecule has 2 aromatic rings. The second-order valence-corrected chi connectivity index (χ2v) is 6.68. The highest BCUT2D eigenvalue weighted by atomic mass is 16.5. The van der Waals surface area contributed by atoms with Crippen molar-refractivity contribution in [1.29, 1.82) is 0 Å². The lowest BCUT2D eigenvalue weighted by molar-refractivity contribution is -0.123. The monoisotopic (exact) mass is 369 g/mol. The van der Waals surface area contributed by atoms with Gasteiger partial charge >= 0.3 is 5.97 Å². The summed E-state index contributed by atoms with van der Waals surface area (Å²) in [5.74, 6) is -0.206. The Hall–Kier alpha value is -2.82. The summed E-state index contributed by atoms with van der Waals surface area (Å²) in [7, 11) is 0. The maximum atomic E-state index is 12.4. The number of carbonyl (C=O) groups excluding carboxylic acids is 2. The molecular formula is C22H27NO4. The number of ether oxygens (including phenoxy) is 2. The van der Waals surface area contributed by atoms with E-state index in [9.17, 15) is 9.59 Å². The molecule has 1 amide bonds. The Morgan fingerprint density at radius 3 is 2.19 bits per heavy atom. The average molecular weight is 369 g/mol. The number of benzene rings is 2. The van der Waals surface area contributed by atoms with Crippen molar-refractivity contribution < 1.29 is 19.1 Å². The summed E-state index contributed by atoms with van der Waals surface area (Å²) in [6.07, 6.45) is 0.00436. The minimum Gasteiger partial charge on any atom is -0.494 e. The van der Waals surface area contributed by atoms with E-state index in [0.29, 0.717) is 17.9 Å². The van der Waals surface area contributed by atoms with Crippen LogP contribution in [0.1, 0.15) is 47.3 Å². The van der Waals surface area contributed by atoms with Crippen LogP contribution in [0.5, 0.6) is 5.75 Å². The summed E-state index contributed by atoms with van der Waals surface area (Å²) in [4.78, 5) is 24.7. The van der Waals surface area contributed by atoms with Crippen molar-refractivity contribution >= 4 is 17.6 Å². The largest absolute Gasteiger partial charge is 0.494 e. The standard InChI is InChI=1S/C22H27NO4/c1-6-11-26-19-9-7-18(8-10-19)22(25)27-17(5)21(24)23-20-15(3)12-14(2)13-16(20)4/h7-10,12-13,17H,6,11H2,1-5H3,(H,23,24)/t17-/m0/s1. The molecule has 0 aliphatic carbocycles. The Balaban J connectivity index is 1.98. The smallest absolute Gasteiger partial charge is 0.338 e. The van der Waals surface area contributed by atoms with Gasteiger partial charge in [0.25, 0.3) is 5.91 Å². The van der Waals surface area contributed by atoms with Gasteiger partial charge in [-0.25, -0.2) is 4.79 Å². The van der Waals surface area contributed by atoms with Crippen LogP contribution < -0.4 is 10.1 Å². The van der Waals surface area contributed by atoms with Gasteiger partial charge in [-0.1, -0.05) is 24.6 Å². The zero-order valence-corrected chi connectivity index (χ0v) is 16.6. The van der Waals surface area contributed by atoms with Gasteiger partial charge in [0.15, 0.2) is 6.10 Å². The number of aryl methyl sites for hydroxylation is 3. The Kier molecular flexibility index (Phi) is 6.99. The Morgan fingerprint density at radius 2 is 1.63 bits per heavy atom. The van der Waals surface area contributed by atoms with E-state index in [2.05, 4.69) is 5.32 Å². The van der Waals surface area contributed by atoms with Crippen molar-refractivity contribution in [3.05, 3.63) is 58.7 Å². The van der Waals surface area contributed by atoms with Gasteiger partial charge in [-0.15, -0.1) is 0 Å². The van der Waals surface area contributed by atoms with Crippen LogP contribution in [0.2, 0.25) is 0 Å². The van der Waals surface area contributed by atoms with Crippen LogP contribution in [0, 0.1) is 20.8 Å². The van der Waals surface area contributed by atoms with Crippen molar-refractivity contribution in [2.24, 2.45) is 0 Å². The summed E-state index contributed by atoms with van der Waals surface area (Å²) >= 11 is 0. The van der Waals surface area contributed by atoms with Gasteiger partial charge in [-0.05, 0) is 69.5 Å². The van der Waals surface area contributed by atoms with Gasteiger partial charge in [0, 0.05) is 5.69 Å². The van der Waals surface area contributed by atoms with Crippen LogP contribution in [-0.4, -0.2) is 24.6 Å². The van der Waals surface area contributed by atoms with Crippen LogP contribution in [0.3, 0.4) is 0 Å². The third-order valence-electron chi connectivity index (χ3n) is 4.14. The summed E-state index contributed by atoms with van der Waals surface area (Å²) < 4.78 is 10.8. The molecule has 0 aliphatic heterocycles. The van der Waals surface area contributed by atoms with E-state index in [1.807, 2.05) is 39.8 Å². The van der Waals surface area contributed by atoms with Crippen molar-refractivity contribution in [3.8, 4) is 5.75 Å². The number of esters is 1. The van der Waals surface area contributed by atoms with E-state index in [1.165, 1.54) is 0 Å². The van der Waals surface area contributed by atoms with E-state index in [4.69, 9.17) is 9.47 Å². The number of nitrogens with one attached hydrogen (secondary N) is 1. The van der Waals surface area contributed by atoms with E-state index in [-0.39, 0.29) is 5.91 Å². The first-order valence-electron chi connectivity index (χ1n) is 9.14. The van der Waals surface area contributed by atoms with Crippen molar-refractivity contribution in [2.75, 3.05) is 11.9 Å². The minimum atomic E-state index is -0.909. The molecule has 0 fully saturated rings. The number of carbonyl (C=O) groups is 2. The molecule has 0 aromatic heterocycles. The zero-order chi connectivity index (χ0) is 20.0. The molecule has 0 bridgehead atoms. The van der Waals surface area contributed by atoms with E-state index in [1.54, 1.807) is 31.2 Å². The Bertz CT molecular complexity index is 789. The maximum absolute atomic E-state index is 12.4. The fourth-order valence-electron chi connectivity index (χ4n) is 2.79. The first-order chi connectivity index (χ1) is 12.8.